The number of carbonyl (C=O) groups is 1. The van der Waals surface area contributed by atoms with Crippen LogP contribution in [0.25, 0.3) is 0 Å². The lowest BCUT2D eigenvalue weighted by atomic mass is 9.95. The number of fused-ring (bicyclic) bond motifs is 2. The lowest BCUT2D eigenvalue weighted by Gasteiger charge is -2.20. The first-order chi connectivity index (χ1) is 10.7. The van der Waals surface area contributed by atoms with Gasteiger partial charge in [0.1, 0.15) is 0 Å². The highest BCUT2D eigenvalue weighted by Crippen LogP contribution is 2.35. The van der Waals surface area contributed by atoms with E-state index in [4.69, 9.17) is 16.0 Å². The topological polar surface area (TPSA) is 54.3 Å². The van der Waals surface area contributed by atoms with Crippen molar-refractivity contribution >= 4 is 40.6 Å². The molecule has 2 aromatic heterocycles. The Balaban J connectivity index is 1.39. The van der Waals surface area contributed by atoms with Gasteiger partial charge in [-0.2, -0.15) is 0 Å². The van der Waals surface area contributed by atoms with Crippen molar-refractivity contribution < 1.29 is 9.21 Å². The molecule has 2 saturated heterocycles. The van der Waals surface area contributed by atoms with Crippen LogP contribution in [0.2, 0.25) is 5.22 Å². The van der Waals surface area contributed by atoms with Crippen LogP contribution in [0.1, 0.15) is 28.9 Å². The molecule has 2 aliphatic heterocycles. The second-order valence-corrected chi connectivity index (χ2v) is 8.40. The van der Waals surface area contributed by atoms with Gasteiger partial charge in [-0.05, 0) is 66.9 Å². The lowest BCUT2D eigenvalue weighted by molar-refractivity contribution is 0.0935. The number of carbonyl (C=O) groups excluding carboxylic acids is 1. The van der Waals surface area contributed by atoms with Crippen LogP contribution in [0, 0.1) is 0 Å². The molecule has 2 fully saturated rings. The third-order valence-corrected chi connectivity index (χ3v) is 6.51. The third kappa shape index (κ3) is 2.93. The zero-order valence-electron chi connectivity index (χ0n) is 11.7. The van der Waals surface area contributed by atoms with Gasteiger partial charge in [0.25, 0.3) is 5.91 Å². The number of hydrogen-bond acceptors (Lipinski definition) is 5. The molecule has 2 aliphatic rings. The number of nitrogens with one attached hydrogen (secondary N) is 2. The molecule has 4 nitrogen and oxygen atoms in total. The van der Waals surface area contributed by atoms with Crippen molar-refractivity contribution in [3.63, 3.8) is 0 Å². The van der Waals surface area contributed by atoms with Gasteiger partial charge < -0.3 is 15.1 Å². The van der Waals surface area contributed by atoms with E-state index in [2.05, 4.69) is 10.6 Å². The first-order valence-corrected chi connectivity index (χ1v) is 9.28. The predicted molar refractivity (Wildman–Crippen MR) is 88.0 cm³/mol. The Labute approximate surface area is 141 Å². The van der Waals surface area contributed by atoms with Crippen LogP contribution in [-0.2, 0) is 0 Å². The Morgan fingerprint density at radius 1 is 1.36 bits per heavy atom. The molecule has 4 heterocycles. The highest BCUT2D eigenvalue weighted by atomic mass is 35.5. The zero-order chi connectivity index (χ0) is 15.1. The molecular weight excluding hydrogens is 340 g/mol. The van der Waals surface area contributed by atoms with Gasteiger partial charge in [-0.1, -0.05) is 0 Å². The highest BCUT2D eigenvalue weighted by Gasteiger charge is 2.39. The molecular formula is C15H15ClN2O2S2. The molecule has 2 bridgehead atoms. The summed E-state index contributed by atoms with van der Waals surface area (Å²) in [7, 11) is 0. The summed E-state index contributed by atoms with van der Waals surface area (Å²) < 4.78 is 6.34. The molecule has 4 rings (SSSR count). The summed E-state index contributed by atoms with van der Waals surface area (Å²) in [5, 5.41) is 7.81. The van der Waals surface area contributed by atoms with Crippen molar-refractivity contribution in [2.45, 2.75) is 46.7 Å². The maximum absolute atomic E-state index is 12.4. The first-order valence-electron chi connectivity index (χ1n) is 7.27. The molecule has 0 radical (unpaired) electrons. The molecule has 0 saturated carbocycles. The fourth-order valence-corrected chi connectivity index (χ4v) is 5.29. The normalized spacial score (nSPS) is 26.5. The van der Waals surface area contributed by atoms with E-state index in [0.29, 0.717) is 17.3 Å². The van der Waals surface area contributed by atoms with E-state index in [1.807, 2.05) is 18.2 Å². The molecule has 2 aromatic rings. The molecule has 0 spiro atoms. The second-order valence-electron chi connectivity index (χ2n) is 5.64. The highest BCUT2D eigenvalue weighted by molar-refractivity contribution is 8.01. The monoisotopic (exact) mass is 354 g/mol. The van der Waals surface area contributed by atoms with E-state index in [1.165, 1.54) is 35.9 Å². The number of hydrogen-bond donors (Lipinski definition) is 2. The molecule has 116 valence electrons. The van der Waals surface area contributed by atoms with Crippen LogP contribution in [0.3, 0.4) is 0 Å². The van der Waals surface area contributed by atoms with Crippen LogP contribution >= 0.6 is 34.7 Å². The largest absolute Gasteiger partial charge is 0.438 e. The van der Waals surface area contributed by atoms with Crippen LogP contribution in [0.4, 0.5) is 0 Å². The van der Waals surface area contributed by atoms with Gasteiger partial charge >= 0.3 is 0 Å². The van der Waals surface area contributed by atoms with Crippen LogP contribution in [0.5, 0.6) is 0 Å². The maximum atomic E-state index is 12.4. The Kier molecular flexibility index (Phi) is 3.94. The molecule has 1 amide bonds. The van der Waals surface area contributed by atoms with E-state index in [1.54, 1.807) is 6.07 Å². The Morgan fingerprint density at radius 3 is 2.95 bits per heavy atom. The summed E-state index contributed by atoms with van der Waals surface area (Å²) in [6.45, 7) is 0. The van der Waals surface area contributed by atoms with Crippen molar-refractivity contribution in [3.8, 4) is 0 Å². The summed E-state index contributed by atoms with van der Waals surface area (Å²) in [5.74, 6) is 0.0219. The van der Waals surface area contributed by atoms with Gasteiger partial charge in [0.15, 0.2) is 10.3 Å². The molecule has 22 heavy (non-hydrogen) atoms. The van der Waals surface area contributed by atoms with Crippen molar-refractivity contribution in [2.75, 3.05) is 0 Å². The summed E-state index contributed by atoms with van der Waals surface area (Å²) >= 11 is 8.71. The summed E-state index contributed by atoms with van der Waals surface area (Å²) in [5.41, 5.74) is 0. The molecule has 2 N–H and O–H groups in total. The average molecular weight is 355 g/mol. The Hall–Kier alpha value is -0.950. The molecule has 7 heteroatoms. The predicted octanol–water partition coefficient (Wildman–Crippen LogP) is 3.77. The van der Waals surface area contributed by atoms with Gasteiger partial charge in [0, 0.05) is 18.1 Å². The quantitative estimate of drug-likeness (QED) is 0.877. The summed E-state index contributed by atoms with van der Waals surface area (Å²) in [6, 6.07) is 8.67. The van der Waals surface area contributed by atoms with Gasteiger partial charge in [-0.3, -0.25) is 4.79 Å². The van der Waals surface area contributed by atoms with E-state index in [-0.39, 0.29) is 11.9 Å². The number of furan rings is 1. The summed E-state index contributed by atoms with van der Waals surface area (Å²) in [6.07, 6.45) is 3.46. The minimum Gasteiger partial charge on any atom is -0.438 e. The Bertz CT molecular complexity index is 699. The van der Waals surface area contributed by atoms with Crippen LogP contribution < -0.4 is 10.6 Å². The van der Waals surface area contributed by atoms with E-state index in [0.717, 1.165) is 20.6 Å². The standard InChI is InChI=1S/C15H15ClN2O2S2/c16-12-4-5-13(20-12)22-14-6-3-11(21-14)15(19)18-10-7-8-1-2-9(10)17-8/h3-6,8-10,17H,1-2,7H2,(H,18,19). The smallest absolute Gasteiger partial charge is 0.261 e. The minimum atomic E-state index is 0.0219. The number of rotatable bonds is 4. The minimum absolute atomic E-state index is 0.0219. The van der Waals surface area contributed by atoms with Crippen LogP contribution in [0.15, 0.2) is 38.0 Å². The van der Waals surface area contributed by atoms with Gasteiger partial charge in [0.05, 0.1) is 9.09 Å². The average Bonchev–Trinajstić information content (AvgIpc) is 3.24. The maximum Gasteiger partial charge on any atom is 0.261 e. The van der Waals surface area contributed by atoms with Crippen LogP contribution in [-0.4, -0.2) is 24.0 Å². The number of halogens is 1. The fourth-order valence-electron chi connectivity index (χ4n) is 3.17. The van der Waals surface area contributed by atoms with E-state index in [9.17, 15) is 4.79 Å². The Morgan fingerprint density at radius 2 is 2.27 bits per heavy atom. The van der Waals surface area contributed by atoms with Gasteiger partial charge in [-0.25, -0.2) is 0 Å². The van der Waals surface area contributed by atoms with Crippen molar-refractivity contribution in [1.82, 2.24) is 10.6 Å². The number of amides is 1. The summed E-state index contributed by atoms with van der Waals surface area (Å²) in [4.78, 5) is 13.1. The second kappa shape index (κ2) is 5.92. The van der Waals surface area contributed by atoms with Gasteiger partial charge in [0.2, 0.25) is 0 Å². The number of thiophene rings is 1. The molecule has 0 aliphatic carbocycles. The molecule has 0 aromatic carbocycles. The van der Waals surface area contributed by atoms with Crippen molar-refractivity contribution in [3.05, 3.63) is 34.4 Å². The van der Waals surface area contributed by atoms with E-state index < -0.39 is 0 Å². The third-order valence-electron chi connectivity index (χ3n) is 4.17. The van der Waals surface area contributed by atoms with Crippen molar-refractivity contribution in [2.24, 2.45) is 0 Å². The SMILES string of the molecule is O=C(NC1CC2CCC1N2)c1ccc(Sc2ccc(Cl)o2)s1. The fraction of sp³-hybridized carbons (Fsp3) is 0.400. The van der Waals surface area contributed by atoms with E-state index >= 15 is 0 Å². The molecule has 3 unspecified atom stereocenters. The zero-order valence-corrected chi connectivity index (χ0v) is 14.1. The molecule has 3 atom stereocenters. The lowest BCUT2D eigenvalue weighted by Crippen LogP contribution is -2.42. The van der Waals surface area contributed by atoms with Crippen molar-refractivity contribution in [1.29, 1.82) is 0 Å². The first kappa shape index (κ1) is 14.6. The van der Waals surface area contributed by atoms with Gasteiger partial charge in [-0.15, -0.1) is 11.3 Å².